The summed E-state index contributed by atoms with van der Waals surface area (Å²) in [5.74, 6) is 0.358. The molecule has 0 radical (unpaired) electrons. The van der Waals surface area contributed by atoms with E-state index in [-0.39, 0.29) is 19.1 Å². The molecule has 1 aromatic carbocycles. The van der Waals surface area contributed by atoms with Gasteiger partial charge in [0.15, 0.2) is 6.61 Å². The van der Waals surface area contributed by atoms with Gasteiger partial charge >= 0.3 is 0 Å². The topological polar surface area (TPSA) is 60.2 Å². The van der Waals surface area contributed by atoms with Gasteiger partial charge in [0, 0.05) is 4.47 Å². The lowest BCUT2D eigenvalue weighted by atomic mass is 10.2. The molecule has 0 spiro atoms. The third-order valence-corrected chi connectivity index (χ3v) is 3.59. The molecule has 0 N–H and O–H groups in total. The number of hydrogen-bond donors (Lipinski definition) is 0. The Balaban J connectivity index is 1.84. The Hall–Kier alpha value is -2.03. The van der Waals surface area contributed by atoms with Crippen LogP contribution in [-0.4, -0.2) is 33.9 Å². The molecule has 9 heteroatoms. The first kappa shape index (κ1) is 14.9. The van der Waals surface area contributed by atoms with Crippen LogP contribution in [0.2, 0.25) is 0 Å². The van der Waals surface area contributed by atoms with Gasteiger partial charge in [-0.3, -0.25) is 9.69 Å². The van der Waals surface area contributed by atoms with Crippen LogP contribution < -0.4 is 9.64 Å². The van der Waals surface area contributed by atoms with Crippen molar-refractivity contribution in [1.82, 2.24) is 15.0 Å². The predicted molar refractivity (Wildman–Crippen MR) is 76.9 cm³/mol. The van der Waals surface area contributed by atoms with E-state index in [1.165, 1.54) is 11.1 Å². The fourth-order valence-electron chi connectivity index (χ4n) is 2.15. The summed E-state index contributed by atoms with van der Waals surface area (Å²) in [7, 11) is 0. The Kier molecular flexibility index (Phi) is 4.06. The zero-order valence-electron chi connectivity index (χ0n) is 11.2. The first-order valence-electron chi connectivity index (χ1n) is 6.43. The van der Waals surface area contributed by atoms with Crippen LogP contribution in [0.25, 0.3) is 0 Å². The van der Waals surface area contributed by atoms with E-state index >= 15 is 0 Å². The number of anilines is 1. The van der Waals surface area contributed by atoms with Crippen molar-refractivity contribution in [2.45, 2.75) is 19.5 Å². The van der Waals surface area contributed by atoms with Crippen molar-refractivity contribution < 1.29 is 18.3 Å². The zero-order chi connectivity index (χ0) is 15.7. The van der Waals surface area contributed by atoms with Gasteiger partial charge in [0.25, 0.3) is 12.3 Å². The highest BCUT2D eigenvalue weighted by Crippen LogP contribution is 2.35. The highest BCUT2D eigenvalue weighted by molar-refractivity contribution is 9.10. The monoisotopic (exact) mass is 372 g/mol. The second-order valence-electron chi connectivity index (χ2n) is 4.70. The van der Waals surface area contributed by atoms with Crippen LogP contribution in [0.1, 0.15) is 5.69 Å². The molecule has 2 heterocycles. The van der Waals surface area contributed by atoms with E-state index < -0.39 is 13.0 Å². The summed E-state index contributed by atoms with van der Waals surface area (Å²) in [6.07, 6.45) is -1.09. The number of hydrogen-bond acceptors (Lipinski definition) is 4. The van der Waals surface area contributed by atoms with Crippen LogP contribution in [0, 0.1) is 0 Å². The first-order chi connectivity index (χ1) is 10.5. The molecule has 0 atom stereocenters. The molecule has 0 fully saturated rings. The normalized spacial score (nSPS) is 14.2. The van der Waals surface area contributed by atoms with Crippen LogP contribution >= 0.6 is 15.9 Å². The number of carbonyl (C=O) groups excluding carboxylic acids is 1. The maximum atomic E-state index is 12.3. The maximum absolute atomic E-state index is 12.3. The average molecular weight is 373 g/mol. The number of fused-ring (bicyclic) bond motifs is 1. The largest absolute Gasteiger partial charge is 0.482 e. The van der Waals surface area contributed by atoms with Gasteiger partial charge in [0.05, 0.1) is 18.4 Å². The number of nitrogens with zero attached hydrogens (tertiary/aromatic N) is 4. The van der Waals surface area contributed by atoms with Crippen molar-refractivity contribution in [2.24, 2.45) is 0 Å². The molecule has 0 bridgehead atoms. The molecule has 1 amide bonds. The number of ether oxygens (including phenoxy) is 1. The average Bonchev–Trinajstić information content (AvgIpc) is 2.88. The molecule has 22 heavy (non-hydrogen) atoms. The molecule has 0 aliphatic carbocycles. The maximum Gasteiger partial charge on any atom is 0.265 e. The summed E-state index contributed by atoms with van der Waals surface area (Å²) in [5.41, 5.74) is 1.04. The Labute approximate surface area is 132 Å². The van der Waals surface area contributed by atoms with Gasteiger partial charge in [-0.15, -0.1) is 5.10 Å². The molecular weight excluding hydrogens is 362 g/mol. The van der Waals surface area contributed by atoms with Crippen molar-refractivity contribution in [2.75, 3.05) is 11.5 Å². The van der Waals surface area contributed by atoms with Crippen molar-refractivity contribution in [3.8, 4) is 5.75 Å². The van der Waals surface area contributed by atoms with Crippen molar-refractivity contribution in [3.63, 3.8) is 0 Å². The van der Waals surface area contributed by atoms with Crippen LogP contribution in [-0.2, 0) is 17.9 Å². The quantitative estimate of drug-likeness (QED) is 0.825. The second-order valence-corrected chi connectivity index (χ2v) is 5.62. The minimum absolute atomic E-state index is 0.0696. The summed E-state index contributed by atoms with van der Waals surface area (Å²) in [6.45, 7) is -0.444. The summed E-state index contributed by atoms with van der Waals surface area (Å²) >= 11 is 3.35. The number of benzene rings is 1. The van der Waals surface area contributed by atoms with E-state index in [2.05, 4.69) is 26.2 Å². The van der Waals surface area contributed by atoms with E-state index in [1.807, 2.05) is 6.07 Å². The van der Waals surface area contributed by atoms with Gasteiger partial charge in [-0.2, -0.15) is 0 Å². The third-order valence-electron chi connectivity index (χ3n) is 3.10. The van der Waals surface area contributed by atoms with E-state index in [9.17, 15) is 13.6 Å². The Morgan fingerprint density at radius 1 is 1.41 bits per heavy atom. The van der Waals surface area contributed by atoms with Gasteiger partial charge in [-0.25, -0.2) is 13.5 Å². The lowest BCUT2D eigenvalue weighted by Crippen LogP contribution is -2.38. The number of rotatable bonds is 4. The van der Waals surface area contributed by atoms with Gasteiger partial charge in [-0.1, -0.05) is 21.1 Å². The van der Waals surface area contributed by atoms with Gasteiger partial charge < -0.3 is 4.74 Å². The van der Waals surface area contributed by atoms with Crippen LogP contribution in [0.4, 0.5) is 14.5 Å². The number of carbonyl (C=O) groups is 1. The molecule has 0 unspecified atom stereocenters. The second kappa shape index (κ2) is 5.99. The lowest BCUT2D eigenvalue weighted by Gasteiger charge is -2.28. The van der Waals surface area contributed by atoms with Crippen LogP contribution in [0.5, 0.6) is 5.75 Å². The predicted octanol–water partition coefficient (Wildman–Crippen LogP) is 2.23. The number of amides is 1. The fraction of sp³-hybridized carbons (Fsp3) is 0.308. The summed E-state index contributed by atoms with van der Waals surface area (Å²) in [5, 5.41) is 7.45. The third kappa shape index (κ3) is 3.08. The summed E-state index contributed by atoms with van der Waals surface area (Å²) in [4.78, 5) is 13.6. The molecule has 0 saturated carbocycles. The van der Waals surface area contributed by atoms with Crippen LogP contribution in [0.15, 0.2) is 28.9 Å². The fourth-order valence-corrected chi connectivity index (χ4v) is 2.50. The van der Waals surface area contributed by atoms with Gasteiger partial charge in [-0.05, 0) is 18.2 Å². The summed E-state index contributed by atoms with van der Waals surface area (Å²) in [6, 6.07) is 5.33. The standard InChI is InChI=1S/C13H11BrF2N4O2/c14-8-1-2-11-10(3-8)20(13(21)7-22-11)5-9-4-19(18-17-9)6-12(15)16/h1-4,12H,5-7H2. The smallest absolute Gasteiger partial charge is 0.265 e. The minimum Gasteiger partial charge on any atom is -0.482 e. The van der Waals surface area contributed by atoms with Crippen molar-refractivity contribution >= 4 is 27.5 Å². The minimum atomic E-state index is -2.50. The van der Waals surface area contributed by atoms with Gasteiger partial charge in [0.1, 0.15) is 18.0 Å². The SMILES string of the molecule is O=C1COc2ccc(Br)cc2N1Cc1cn(CC(F)F)nn1. The Bertz CT molecular complexity index is 707. The van der Waals surface area contributed by atoms with E-state index in [4.69, 9.17) is 4.74 Å². The first-order valence-corrected chi connectivity index (χ1v) is 7.22. The number of halogens is 3. The number of alkyl halides is 2. The lowest BCUT2D eigenvalue weighted by molar-refractivity contribution is -0.121. The molecule has 1 aliphatic rings. The molecule has 2 aromatic rings. The van der Waals surface area contributed by atoms with E-state index in [0.29, 0.717) is 17.1 Å². The van der Waals surface area contributed by atoms with E-state index in [0.717, 1.165) is 9.15 Å². The van der Waals surface area contributed by atoms with E-state index in [1.54, 1.807) is 12.1 Å². The highest BCUT2D eigenvalue weighted by Gasteiger charge is 2.26. The molecule has 1 aromatic heterocycles. The molecule has 0 saturated heterocycles. The van der Waals surface area contributed by atoms with Crippen molar-refractivity contribution in [3.05, 3.63) is 34.6 Å². The molecule has 116 valence electrons. The van der Waals surface area contributed by atoms with Gasteiger partial charge in [0.2, 0.25) is 0 Å². The number of aromatic nitrogens is 3. The molecule has 1 aliphatic heterocycles. The molecule has 3 rings (SSSR count). The summed E-state index contributed by atoms with van der Waals surface area (Å²) < 4.78 is 31.9. The highest BCUT2D eigenvalue weighted by atomic mass is 79.9. The Morgan fingerprint density at radius 2 is 2.23 bits per heavy atom. The zero-order valence-corrected chi connectivity index (χ0v) is 12.8. The van der Waals surface area contributed by atoms with Crippen LogP contribution in [0.3, 0.4) is 0 Å². The van der Waals surface area contributed by atoms with Crippen molar-refractivity contribution in [1.29, 1.82) is 0 Å². The molecule has 6 nitrogen and oxygen atoms in total. The molecular formula is C13H11BrF2N4O2. The Morgan fingerprint density at radius 3 is 3.00 bits per heavy atom.